The molecule has 160 valence electrons. The van der Waals surface area contributed by atoms with E-state index in [9.17, 15) is 8.42 Å². The van der Waals surface area contributed by atoms with E-state index in [1.165, 1.54) is 43.9 Å². The van der Waals surface area contributed by atoms with Gasteiger partial charge in [-0.05, 0) is 53.9 Å². The van der Waals surface area contributed by atoms with Crippen LogP contribution in [0.25, 0.3) is 32.3 Å². The lowest BCUT2D eigenvalue weighted by atomic mass is 9.94. The average molecular weight is 560 g/mol. The Labute approximate surface area is 204 Å². The summed E-state index contributed by atoms with van der Waals surface area (Å²) >= 11 is 1.41. The van der Waals surface area contributed by atoms with Gasteiger partial charge in [0.15, 0.2) is 0 Å². The lowest BCUT2D eigenvalue weighted by molar-refractivity contribution is 0.537. The van der Waals surface area contributed by atoms with Crippen LogP contribution in [-0.2, 0) is 12.6 Å². The van der Waals surface area contributed by atoms with Crippen molar-refractivity contribution in [2.24, 2.45) is 0 Å². The third-order valence-corrected chi connectivity index (χ3v) is 8.76. The lowest BCUT2D eigenvalue weighted by Gasteiger charge is -2.12. The summed E-state index contributed by atoms with van der Waals surface area (Å²) in [7, 11) is -3.74. The largest absolute Gasteiger partial charge is 0.306 e. The lowest BCUT2D eigenvalue weighted by Crippen LogP contribution is -2.01. The average Bonchev–Trinajstić information content (AvgIpc) is 2.86. The van der Waals surface area contributed by atoms with Crippen molar-refractivity contribution >= 4 is 65.4 Å². The summed E-state index contributed by atoms with van der Waals surface area (Å²) in [5.41, 5.74) is 0. The van der Waals surface area contributed by atoms with Gasteiger partial charge in [-0.25, -0.2) is 0 Å². The molecule has 1 aliphatic rings. The minimum Gasteiger partial charge on any atom is -0.195 e. The second kappa shape index (κ2) is 7.80. The van der Waals surface area contributed by atoms with Gasteiger partial charge in [-0.1, -0.05) is 97.1 Å². The predicted molar refractivity (Wildman–Crippen MR) is 141 cm³/mol. The zero-order valence-electron chi connectivity index (χ0n) is 17.3. The summed E-state index contributed by atoms with van der Waals surface area (Å²) in [6, 6.07) is 34.5. The molecular weight excluding hydrogens is 543 g/mol. The molecular formula is C28H17IO3S. The van der Waals surface area contributed by atoms with Gasteiger partial charge in [0.1, 0.15) is 27.9 Å². The first-order valence-corrected chi connectivity index (χ1v) is 12.8. The van der Waals surface area contributed by atoms with Crippen LogP contribution in [0.3, 0.4) is 0 Å². The minimum atomic E-state index is -3.74. The summed E-state index contributed by atoms with van der Waals surface area (Å²) in [5, 5.41) is 11.6. The third kappa shape index (κ3) is 3.22. The van der Waals surface area contributed by atoms with Crippen molar-refractivity contribution in [3.8, 4) is 0 Å². The van der Waals surface area contributed by atoms with E-state index in [-0.39, 0.29) is 4.90 Å². The smallest absolute Gasteiger partial charge is 0.195 e. The number of halogens is 1. The molecule has 0 atom stereocenters. The molecule has 7 rings (SSSR count). The molecule has 0 N–H and O–H groups in total. The molecule has 0 saturated heterocycles. The van der Waals surface area contributed by atoms with Gasteiger partial charge in [-0.2, -0.15) is 10.9 Å². The Morgan fingerprint density at radius 3 is 1.48 bits per heavy atom. The van der Waals surface area contributed by atoms with E-state index in [1.807, 2.05) is 42.5 Å². The molecule has 6 aromatic rings. The topological polar surface area (TPSA) is 43.4 Å². The number of fused-ring (bicyclic) bond motifs is 2. The maximum Gasteiger partial charge on any atom is 0.306 e. The second-order valence-corrected chi connectivity index (χ2v) is 10.6. The Bertz CT molecular complexity index is 1830. The first-order chi connectivity index (χ1) is 16.1. The predicted octanol–water partition coefficient (Wildman–Crippen LogP) is 7.21. The van der Waals surface area contributed by atoms with Gasteiger partial charge in [-0.3, -0.25) is 0 Å². The molecule has 33 heavy (non-hydrogen) atoms. The van der Waals surface area contributed by atoms with Gasteiger partial charge < -0.3 is 0 Å². The highest BCUT2D eigenvalue weighted by atomic mass is 127. The van der Waals surface area contributed by atoms with Gasteiger partial charge in [0.2, 0.25) is 0 Å². The summed E-state index contributed by atoms with van der Waals surface area (Å²) in [6.45, 7) is 0. The van der Waals surface area contributed by atoms with Crippen LogP contribution >= 0.6 is 23.0 Å². The number of hydrogen-bond donors (Lipinski definition) is 0. The highest BCUT2D eigenvalue weighted by Crippen LogP contribution is 2.37. The van der Waals surface area contributed by atoms with Crippen LogP contribution in [0.15, 0.2) is 108 Å². The van der Waals surface area contributed by atoms with Crippen LogP contribution in [0, 0.1) is 20.9 Å². The molecule has 3 nitrogen and oxygen atoms in total. The molecule has 0 aromatic heterocycles. The molecule has 0 fully saturated rings. The normalized spacial score (nSPS) is 12.2. The molecule has 6 aromatic carbocycles. The van der Waals surface area contributed by atoms with Crippen LogP contribution < -0.4 is 0 Å². The standard InChI is InChI=1S/C16H9IO3S.C12H8/c17-20-21(18,19)14-9-7-12-5-4-10-2-1-3-11-6-8-13(14)16(12)15(10)11;1-2-6-10-9(5-1)11-7-3-4-8-12(10)11/h1-9H;1-8H. The Kier molecular flexibility index (Phi) is 4.87. The zero-order valence-corrected chi connectivity index (χ0v) is 20.3. The zero-order chi connectivity index (χ0) is 22.6. The highest BCUT2D eigenvalue weighted by molar-refractivity contribution is 14.1. The molecule has 0 radical (unpaired) electrons. The van der Waals surface area contributed by atoms with E-state index in [2.05, 4.69) is 57.1 Å². The van der Waals surface area contributed by atoms with Gasteiger partial charge in [0, 0.05) is 5.39 Å². The van der Waals surface area contributed by atoms with E-state index >= 15 is 0 Å². The van der Waals surface area contributed by atoms with Crippen molar-refractivity contribution < 1.29 is 10.9 Å². The Balaban J connectivity index is 0.000000145. The van der Waals surface area contributed by atoms with Crippen molar-refractivity contribution in [3.63, 3.8) is 0 Å². The van der Waals surface area contributed by atoms with Crippen LogP contribution in [0.2, 0.25) is 0 Å². The second-order valence-electron chi connectivity index (χ2n) is 8.03. The maximum absolute atomic E-state index is 12.1. The monoisotopic (exact) mass is 560 g/mol. The van der Waals surface area contributed by atoms with Crippen LogP contribution in [0.4, 0.5) is 0 Å². The van der Waals surface area contributed by atoms with Crippen LogP contribution in [-0.4, -0.2) is 8.42 Å². The van der Waals surface area contributed by atoms with Gasteiger partial charge >= 0.3 is 10.1 Å². The first kappa shape index (κ1) is 20.6. The van der Waals surface area contributed by atoms with Crippen molar-refractivity contribution in [3.05, 3.63) is 124 Å². The fourth-order valence-electron chi connectivity index (χ4n) is 4.80. The summed E-state index contributed by atoms with van der Waals surface area (Å²) in [4.78, 5) is 0.211. The molecule has 0 amide bonds. The van der Waals surface area contributed by atoms with Crippen molar-refractivity contribution in [1.82, 2.24) is 0 Å². The first-order valence-electron chi connectivity index (χ1n) is 10.5. The van der Waals surface area contributed by atoms with E-state index < -0.39 is 10.1 Å². The van der Waals surface area contributed by atoms with Crippen molar-refractivity contribution in [1.29, 1.82) is 0 Å². The number of benzene rings is 6. The van der Waals surface area contributed by atoms with Gasteiger partial charge in [-0.15, -0.1) is 0 Å². The molecule has 0 aliphatic heterocycles. The molecule has 0 heterocycles. The number of hydrogen-bond acceptors (Lipinski definition) is 3. The molecule has 1 aliphatic carbocycles. The molecule has 5 heteroatoms. The fourth-order valence-corrected chi connectivity index (χ4v) is 6.13. The third-order valence-electron chi connectivity index (χ3n) is 6.28. The summed E-state index contributed by atoms with van der Waals surface area (Å²) in [5.74, 6) is 0. The SMILES string of the molecule is O=S(=O)(OI)c1ccc2ccc3cccc4ccc1c2c34.c1ccc2c(c1)=c1ccccc1=2. The Hall–Kier alpha value is -3.00. The summed E-state index contributed by atoms with van der Waals surface area (Å²) < 4.78 is 28.9. The van der Waals surface area contributed by atoms with Gasteiger partial charge in [0.25, 0.3) is 0 Å². The maximum atomic E-state index is 12.1. The molecule has 0 unspecified atom stereocenters. The number of rotatable bonds is 2. The quantitative estimate of drug-likeness (QED) is 0.166. The fraction of sp³-hybridized carbons (Fsp3) is 0. The van der Waals surface area contributed by atoms with Gasteiger partial charge in [0.05, 0.1) is 0 Å². The van der Waals surface area contributed by atoms with Crippen molar-refractivity contribution in [2.45, 2.75) is 4.90 Å². The molecule has 0 spiro atoms. The Morgan fingerprint density at radius 1 is 0.515 bits per heavy atom. The van der Waals surface area contributed by atoms with E-state index in [4.69, 9.17) is 0 Å². The van der Waals surface area contributed by atoms with E-state index in [0.717, 1.165) is 26.9 Å². The molecule has 0 saturated carbocycles. The van der Waals surface area contributed by atoms with Crippen LogP contribution in [0.1, 0.15) is 0 Å². The van der Waals surface area contributed by atoms with E-state index in [1.54, 1.807) is 6.07 Å². The minimum absolute atomic E-state index is 0.211. The van der Waals surface area contributed by atoms with Crippen LogP contribution in [0.5, 0.6) is 0 Å². The molecule has 0 bridgehead atoms. The highest BCUT2D eigenvalue weighted by Gasteiger charge is 2.20. The van der Waals surface area contributed by atoms with E-state index in [0.29, 0.717) is 5.39 Å². The summed E-state index contributed by atoms with van der Waals surface area (Å²) in [6.07, 6.45) is 0. The Morgan fingerprint density at radius 2 is 0.970 bits per heavy atom. The van der Waals surface area contributed by atoms with Crippen molar-refractivity contribution in [2.75, 3.05) is 0 Å².